The molecule has 1 aromatic carbocycles. The van der Waals surface area contributed by atoms with Crippen LogP contribution in [0.15, 0.2) is 24.3 Å². The normalized spacial score (nSPS) is 19.3. The number of nitrogens with two attached hydrogens (primary N) is 1. The highest BCUT2D eigenvalue weighted by Crippen LogP contribution is 2.22. The number of carbonyl (C=O) groups excluding carboxylic acids is 1. The van der Waals surface area contributed by atoms with Gasteiger partial charge in [-0.15, -0.1) is 0 Å². The van der Waals surface area contributed by atoms with E-state index in [0.29, 0.717) is 24.2 Å². The van der Waals surface area contributed by atoms with Gasteiger partial charge in [-0.1, -0.05) is 12.1 Å². The summed E-state index contributed by atoms with van der Waals surface area (Å²) in [5.74, 6) is -1.25. The largest absolute Gasteiger partial charge is 0.480 e. The van der Waals surface area contributed by atoms with Crippen LogP contribution in [0.4, 0.5) is 5.69 Å². The fourth-order valence-electron chi connectivity index (χ4n) is 2.11. The van der Waals surface area contributed by atoms with Gasteiger partial charge in [0.2, 0.25) is 0 Å². The Morgan fingerprint density at radius 3 is 2.71 bits per heavy atom. The summed E-state index contributed by atoms with van der Waals surface area (Å²) in [6.07, 6.45) is 1.23. The van der Waals surface area contributed by atoms with Gasteiger partial charge in [0.05, 0.1) is 5.56 Å². The van der Waals surface area contributed by atoms with Gasteiger partial charge in [0.15, 0.2) is 0 Å². The number of carbonyl (C=O) groups is 2. The molecule has 1 atom stereocenters. The van der Waals surface area contributed by atoms with E-state index in [2.05, 4.69) is 0 Å². The Morgan fingerprint density at radius 1 is 1.35 bits per heavy atom. The first-order valence-electron chi connectivity index (χ1n) is 5.49. The van der Waals surface area contributed by atoms with Crippen LogP contribution in [0.5, 0.6) is 0 Å². The summed E-state index contributed by atoms with van der Waals surface area (Å²) in [4.78, 5) is 24.6. The fourth-order valence-corrected chi connectivity index (χ4v) is 2.11. The third-order valence-electron chi connectivity index (χ3n) is 2.99. The van der Waals surface area contributed by atoms with Gasteiger partial charge in [-0.2, -0.15) is 0 Å². The predicted molar refractivity (Wildman–Crippen MR) is 62.5 cm³/mol. The van der Waals surface area contributed by atoms with Gasteiger partial charge < -0.3 is 15.7 Å². The number of aliphatic carboxylic acids is 1. The van der Waals surface area contributed by atoms with Gasteiger partial charge in [-0.25, -0.2) is 4.79 Å². The second kappa shape index (κ2) is 4.45. The van der Waals surface area contributed by atoms with Crippen molar-refractivity contribution >= 4 is 17.6 Å². The van der Waals surface area contributed by atoms with Crippen LogP contribution in [-0.2, 0) is 4.79 Å². The van der Waals surface area contributed by atoms with Crippen LogP contribution >= 0.6 is 0 Å². The number of rotatable bonds is 2. The molecule has 0 bridgehead atoms. The number of anilines is 1. The van der Waals surface area contributed by atoms with Crippen molar-refractivity contribution in [3.8, 4) is 0 Å². The summed E-state index contributed by atoms with van der Waals surface area (Å²) in [6, 6.07) is 6.00. The second-order valence-corrected chi connectivity index (χ2v) is 4.08. The number of carboxylic acid groups (broad SMARTS) is 1. The monoisotopic (exact) mass is 234 g/mol. The first-order chi connectivity index (χ1) is 8.11. The molecule has 1 aromatic rings. The average Bonchev–Trinajstić information content (AvgIpc) is 2.77. The van der Waals surface area contributed by atoms with Gasteiger partial charge in [-0.3, -0.25) is 4.79 Å². The Morgan fingerprint density at radius 2 is 2.06 bits per heavy atom. The zero-order chi connectivity index (χ0) is 12.4. The molecule has 1 saturated heterocycles. The number of amides is 1. The predicted octanol–water partition coefficient (Wildman–Crippen LogP) is 0.958. The zero-order valence-corrected chi connectivity index (χ0v) is 9.30. The molecule has 0 aliphatic carbocycles. The number of carboxylic acids is 1. The zero-order valence-electron chi connectivity index (χ0n) is 9.30. The average molecular weight is 234 g/mol. The highest BCUT2D eigenvalue weighted by atomic mass is 16.4. The third-order valence-corrected chi connectivity index (χ3v) is 2.99. The van der Waals surface area contributed by atoms with E-state index in [1.807, 2.05) is 0 Å². The molecule has 1 unspecified atom stereocenters. The molecule has 2 rings (SSSR count). The highest BCUT2D eigenvalue weighted by Gasteiger charge is 2.34. The number of nitrogens with zero attached hydrogens (tertiary/aromatic N) is 1. The van der Waals surface area contributed by atoms with E-state index in [1.165, 1.54) is 4.90 Å². The molecule has 0 saturated carbocycles. The molecule has 3 N–H and O–H groups in total. The van der Waals surface area contributed by atoms with Gasteiger partial charge in [0, 0.05) is 12.2 Å². The van der Waals surface area contributed by atoms with Crippen molar-refractivity contribution < 1.29 is 14.7 Å². The molecular weight excluding hydrogens is 220 g/mol. The number of likely N-dealkylation sites (tertiary alicyclic amines) is 1. The van der Waals surface area contributed by atoms with Crippen molar-refractivity contribution in [2.75, 3.05) is 12.3 Å². The van der Waals surface area contributed by atoms with E-state index in [-0.39, 0.29) is 5.91 Å². The van der Waals surface area contributed by atoms with Crippen LogP contribution in [0.2, 0.25) is 0 Å². The molecular formula is C12H14N2O3. The first-order valence-corrected chi connectivity index (χ1v) is 5.49. The molecule has 1 aliphatic rings. The number of nitrogen functional groups attached to an aromatic ring is 1. The third kappa shape index (κ3) is 2.08. The minimum absolute atomic E-state index is 0.298. The Balaban J connectivity index is 2.26. The molecule has 0 spiro atoms. The maximum atomic E-state index is 12.2. The minimum atomic E-state index is -0.953. The van der Waals surface area contributed by atoms with Gasteiger partial charge in [0.25, 0.3) is 5.91 Å². The van der Waals surface area contributed by atoms with Gasteiger partial charge >= 0.3 is 5.97 Å². The Kier molecular flexibility index (Phi) is 2.99. The van der Waals surface area contributed by atoms with E-state index in [9.17, 15) is 9.59 Å². The molecule has 90 valence electrons. The number of hydrogen-bond acceptors (Lipinski definition) is 3. The Hall–Kier alpha value is -2.04. The summed E-state index contributed by atoms with van der Waals surface area (Å²) in [6.45, 7) is 0.476. The van der Waals surface area contributed by atoms with Crippen LogP contribution < -0.4 is 5.73 Å². The summed E-state index contributed by atoms with van der Waals surface area (Å²) in [5.41, 5.74) is 6.47. The van der Waals surface area contributed by atoms with Crippen molar-refractivity contribution in [1.82, 2.24) is 4.90 Å². The van der Waals surface area contributed by atoms with E-state index in [0.717, 1.165) is 6.42 Å². The topological polar surface area (TPSA) is 83.6 Å². The molecule has 0 aromatic heterocycles. The van der Waals surface area contributed by atoms with Crippen molar-refractivity contribution in [1.29, 1.82) is 0 Å². The van der Waals surface area contributed by atoms with Crippen molar-refractivity contribution in [3.63, 3.8) is 0 Å². The quantitative estimate of drug-likeness (QED) is 0.746. The summed E-state index contributed by atoms with van der Waals surface area (Å²) < 4.78 is 0. The maximum Gasteiger partial charge on any atom is 0.326 e. The van der Waals surface area contributed by atoms with E-state index >= 15 is 0 Å². The maximum absolute atomic E-state index is 12.2. The van der Waals surface area contributed by atoms with Crippen LogP contribution in [-0.4, -0.2) is 34.5 Å². The first kappa shape index (κ1) is 11.4. The Bertz CT molecular complexity index is 459. The standard InChI is InChI=1S/C12H14N2O3/c13-9-5-2-1-4-8(9)11(15)14-7-3-6-10(14)12(16)17/h1-2,4-5,10H,3,6-7,13H2,(H,16,17). The lowest BCUT2D eigenvalue weighted by atomic mass is 10.1. The molecule has 0 radical (unpaired) electrons. The Labute approximate surface area is 98.8 Å². The van der Waals surface area contributed by atoms with E-state index < -0.39 is 12.0 Å². The fraction of sp³-hybridized carbons (Fsp3) is 0.333. The summed E-state index contributed by atoms with van der Waals surface area (Å²) in [5, 5.41) is 9.02. The number of hydrogen-bond donors (Lipinski definition) is 2. The lowest BCUT2D eigenvalue weighted by molar-refractivity contribution is -0.141. The van der Waals surface area contributed by atoms with Crippen molar-refractivity contribution in [2.24, 2.45) is 0 Å². The highest BCUT2D eigenvalue weighted by molar-refractivity contribution is 6.01. The minimum Gasteiger partial charge on any atom is -0.480 e. The smallest absolute Gasteiger partial charge is 0.326 e. The molecule has 17 heavy (non-hydrogen) atoms. The van der Waals surface area contributed by atoms with Gasteiger partial charge in [-0.05, 0) is 25.0 Å². The number of para-hydroxylation sites is 1. The van der Waals surface area contributed by atoms with E-state index in [1.54, 1.807) is 24.3 Å². The second-order valence-electron chi connectivity index (χ2n) is 4.08. The number of benzene rings is 1. The SMILES string of the molecule is Nc1ccccc1C(=O)N1CCCC1C(=O)O. The molecule has 1 heterocycles. The molecule has 5 heteroatoms. The van der Waals surface area contributed by atoms with Crippen LogP contribution in [0, 0.1) is 0 Å². The lowest BCUT2D eigenvalue weighted by Crippen LogP contribution is -2.40. The van der Waals surface area contributed by atoms with Crippen LogP contribution in [0.1, 0.15) is 23.2 Å². The van der Waals surface area contributed by atoms with E-state index in [4.69, 9.17) is 10.8 Å². The summed E-state index contributed by atoms with van der Waals surface area (Å²) in [7, 11) is 0. The van der Waals surface area contributed by atoms with Gasteiger partial charge in [0.1, 0.15) is 6.04 Å². The molecule has 1 fully saturated rings. The molecule has 1 aliphatic heterocycles. The van der Waals surface area contributed by atoms with Crippen LogP contribution in [0.3, 0.4) is 0 Å². The molecule has 5 nitrogen and oxygen atoms in total. The molecule has 1 amide bonds. The lowest BCUT2D eigenvalue weighted by Gasteiger charge is -2.22. The van der Waals surface area contributed by atoms with Crippen LogP contribution in [0.25, 0.3) is 0 Å². The van der Waals surface area contributed by atoms with Crippen molar-refractivity contribution in [2.45, 2.75) is 18.9 Å². The van der Waals surface area contributed by atoms with Crippen molar-refractivity contribution in [3.05, 3.63) is 29.8 Å². The summed E-state index contributed by atoms with van der Waals surface area (Å²) >= 11 is 0.